The SMILES string of the molecule is Nc1ccc2c(c1)CC(N1CCS(=O)(=O)CC1)C(=O)N2. The highest BCUT2D eigenvalue weighted by Crippen LogP contribution is 2.27. The third kappa shape index (κ3) is 2.51. The number of nitrogens with one attached hydrogen (secondary N) is 1. The summed E-state index contributed by atoms with van der Waals surface area (Å²) in [5, 5.41) is 2.87. The molecule has 0 aliphatic carbocycles. The molecule has 3 N–H and O–H groups in total. The van der Waals surface area contributed by atoms with Crippen LogP contribution in [0.15, 0.2) is 18.2 Å². The smallest absolute Gasteiger partial charge is 0.242 e. The van der Waals surface area contributed by atoms with Gasteiger partial charge in [-0.2, -0.15) is 0 Å². The Balaban J connectivity index is 1.80. The summed E-state index contributed by atoms with van der Waals surface area (Å²) >= 11 is 0. The Bertz CT molecular complexity index is 643. The van der Waals surface area contributed by atoms with Crippen LogP contribution in [0.2, 0.25) is 0 Å². The number of hydrogen-bond acceptors (Lipinski definition) is 5. The van der Waals surface area contributed by atoms with Crippen molar-refractivity contribution in [3.8, 4) is 0 Å². The number of sulfone groups is 1. The molecule has 0 saturated carbocycles. The molecule has 20 heavy (non-hydrogen) atoms. The number of nitrogens with zero attached hydrogens (tertiary/aromatic N) is 1. The van der Waals surface area contributed by atoms with Gasteiger partial charge in [-0.1, -0.05) is 0 Å². The van der Waals surface area contributed by atoms with E-state index in [-0.39, 0.29) is 23.5 Å². The Kier molecular flexibility index (Phi) is 3.18. The summed E-state index contributed by atoms with van der Waals surface area (Å²) < 4.78 is 22.9. The minimum absolute atomic E-state index is 0.0680. The monoisotopic (exact) mass is 295 g/mol. The highest BCUT2D eigenvalue weighted by atomic mass is 32.2. The maximum absolute atomic E-state index is 12.2. The molecule has 1 fully saturated rings. The van der Waals surface area contributed by atoms with E-state index in [1.54, 1.807) is 12.1 Å². The molecule has 0 bridgehead atoms. The van der Waals surface area contributed by atoms with E-state index in [4.69, 9.17) is 5.73 Å². The van der Waals surface area contributed by atoms with Gasteiger partial charge in [0.15, 0.2) is 9.84 Å². The van der Waals surface area contributed by atoms with E-state index >= 15 is 0 Å². The Morgan fingerprint density at radius 2 is 1.95 bits per heavy atom. The third-order valence-corrected chi connectivity index (χ3v) is 5.53. The number of amides is 1. The lowest BCUT2D eigenvalue weighted by Gasteiger charge is -2.36. The first-order chi connectivity index (χ1) is 9.44. The fraction of sp³-hybridized carbons (Fsp3) is 0.462. The number of nitrogen functional groups attached to an aromatic ring is 1. The van der Waals surface area contributed by atoms with Gasteiger partial charge in [0.05, 0.1) is 17.5 Å². The van der Waals surface area contributed by atoms with Gasteiger partial charge in [0, 0.05) is 24.5 Å². The van der Waals surface area contributed by atoms with Crippen molar-refractivity contribution in [1.29, 1.82) is 0 Å². The van der Waals surface area contributed by atoms with Crippen LogP contribution in [0.1, 0.15) is 5.56 Å². The molecule has 2 aliphatic rings. The third-order valence-electron chi connectivity index (χ3n) is 3.92. The fourth-order valence-electron chi connectivity index (χ4n) is 2.75. The van der Waals surface area contributed by atoms with Crippen LogP contribution in [-0.4, -0.2) is 49.9 Å². The first kappa shape index (κ1) is 13.4. The second-order valence-corrected chi connectivity index (χ2v) is 7.62. The van der Waals surface area contributed by atoms with Gasteiger partial charge in [-0.25, -0.2) is 8.42 Å². The van der Waals surface area contributed by atoms with Gasteiger partial charge in [0.1, 0.15) is 0 Å². The van der Waals surface area contributed by atoms with Gasteiger partial charge >= 0.3 is 0 Å². The summed E-state index contributed by atoms with van der Waals surface area (Å²) in [5.41, 5.74) is 8.24. The van der Waals surface area contributed by atoms with Crippen molar-refractivity contribution in [2.45, 2.75) is 12.5 Å². The van der Waals surface area contributed by atoms with Crippen molar-refractivity contribution < 1.29 is 13.2 Å². The molecular weight excluding hydrogens is 278 g/mol. The van der Waals surface area contributed by atoms with Gasteiger partial charge in [0.2, 0.25) is 5.91 Å². The second kappa shape index (κ2) is 4.75. The van der Waals surface area contributed by atoms with Crippen LogP contribution in [-0.2, 0) is 21.1 Å². The minimum Gasteiger partial charge on any atom is -0.399 e. The average Bonchev–Trinajstić information content (AvgIpc) is 2.39. The molecule has 0 radical (unpaired) electrons. The van der Waals surface area contributed by atoms with Gasteiger partial charge in [-0.15, -0.1) is 0 Å². The summed E-state index contributed by atoms with van der Waals surface area (Å²) in [6, 6.07) is 5.12. The topological polar surface area (TPSA) is 92.5 Å². The Morgan fingerprint density at radius 3 is 2.65 bits per heavy atom. The van der Waals surface area contributed by atoms with Crippen LogP contribution in [0.5, 0.6) is 0 Å². The molecule has 1 unspecified atom stereocenters. The maximum Gasteiger partial charge on any atom is 0.242 e. The van der Waals surface area contributed by atoms with Crippen molar-refractivity contribution in [3.63, 3.8) is 0 Å². The molecule has 1 atom stereocenters. The van der Waals surface area contributed by atoms with E-state index in [0.717, 1.165) is 11.3 Å². The van der Waals surface area contributed by atoms with Crippen molar-refractivity contribution >= 4 is 27.1 Å². The quantitative estimate of drug-likeness (QED) is 0.704. The van der Waals surface area contributed by atoms with Crippen molar-refractivity contribution in [3.05, 3.63) is 23.8 Å². The van der Waals surface area contributed by atoms with E-state index < -0.39 is 9.84 Å². The molecule has 6 nitrogen and oxygen atoms in total. The maximum atomic E-state index is 12.2. The van der Waals surface area contributed by atoms with Crippen LogP contribution in [0.3, 0.4) is 0 Å². The molecule has 2 aliphatic heterocycles. The molecule has 1 aromatic rings. The molecule has 2 heterocycles. The van der Waals surface area contributed by atoms with Crippen LogP contribution in [0, 0.1) is 0 Å². The van der Waals surface area contributed by atoms with E-state index in [9.17, 15) is 13.2 Å². The molecule has 1 saturated heterocycles. The number of anilines is 2. The summed E-state index contributed by atoms with van der Waals surface area (Å²) in [4.78, 5) is 14.1. The zero-order valence-corrected chi connectivity index (χ0v) is 11.8. The number of carbonyl (C=O) groups is 1. The zero-order valence-electron chi connectivity index (χ0n) is 11.0. The van der Waals surface area contributed by atoms with Gasteiger partial charge in [0.25, 0.3) is 0 Å². The summed E-state index contributed by atoms with van der Waals surface area (Å²) in [6.45, 7) is 0.830. The summed E-state index contributed by atoms with van der Waals surface area (Å²) in [7, 11) is -2.93. The summed E-state index contributed by atoms with van der Waals surface area (Å²) in [6.07, 6.45) is 0.576. The highest BCUT2D eigenvalue weighted by molar-refractivity contribution is 7.91. The standard InChI is InChI=1S/C13H17N3O3S/c14-10-1-2-11-9(7-10)8-12(13(17)15-11)16-3-5-20(18,19)6-4-16/h1-2,7,12H,3-6,8,14H2,(H,15,17). The van der Waals surface area contributed by atoms with Gasteiger partial charge < -0.3 is 11.1 Å². The molecule has 0 aromatic heterocycles. The molecular formula is C13H17N3O3S. The number of benzene rings is 1. The molecule has 1 aromatic carbocycles. The fourth-order valence-corrected chi connectivity index (χ4v) is 3.98. The number of hydrogen-bond donors (Lipinski definition) is 2. The van der Waals surface area contributed by atoms with E-state index in [2.05, 4.69) is 5.32 Å². The van der Waals surface area contributed by atoms with Crippen LogP contribution in [0.4, 0.5) is 11.4 Å². The van der Waals surface area contributed by atoms with Crippen LogP contribution >= 0.6 is 0 Å². The average molecular weight is 295 g/mol. The predicted molar refractivity (Wildman–Crippen MR) is 77.2 cm³/mol. The second-order valence-electron chi connectivity index (χ2n) is 5.31. The van der Waals surface area contributed by atoms with E-state index in [0.29, 0.717) is 25.2 Å². The van der Waals surface area contributed by atoms with Crippen LogP contribution < -0.4 is 11.1 Å². The predicted octanol–water partition coefficient (Wildman–Crippen LogP) is -0.138. The van der Waals surface area contributed by atoms with Crippen molar-refractivity contribution in [1.82, 2.24) is 4.90 Å². The largest absolute Gasteiger partial charge is 0.399 e. The lowest BCUT2D eigenvalue weighted by molar-refractivity contribution is -0.121. The lowest BCUT2D eigenvalue weighted by Crippen LogP contribution is -2.53. The van der Waals surface area contributed by atoms with Crippen molar-refractivity contribution in [2.75, 3.05) is 35.6 Å². The van der Waals surface area contributed by atoms with E-state index in [1.165, 1.54) is 0 Å². The first-order valence-electron chi connectivity index (χ1n) is 6.58. The first-order valence-corrected chi connectivity index (χ1v) is 8.40. The van der Waals surface area contributed by atoms with Gasteiger partial charge in [-0.3, -0.25) is 9.69 Å². The Morgan fingerprint density at radius 1 is 1.25 bits per heavy atom. The number of rotatable bonds is 1. The Labute approximate surface area is 117 Å². The number of carbonyl (C=O) groups excluding carboxylic acids is 1. The molecule has 7 heteroatoms. The summed E-state index contributed by atoms with van der Waals surface area (Å²) in [5.74, 6) is 0.183. The van der Waals surface area contributed by atoms with Crippen molar-refractivity contribution in [2.24, 2.45) is 0 Å². The molecule has 108 valence electrons. The number of nitrogens with two attached hydrogens (primary N) is 1. The minimum atomic E-state index is -2.93. The van der Waals surface area contributed by atoms with E-state index in [1.807, 2.05) is 11.0 Å². The molecule has 0 spiro atoms. The Hall–Kier alpha value is -1.60. The normalized spacial score (nSPS) is 25.8. The molecule has 1 amide bonds. The van der Waals surface area contributed by atoms with Crippen LogP contribution in [0.25, 0.3) is 0 Å². The molecule has 3 rings (SSSR count). The zero-order chi connectivity index (χ0) is 14.3. The number of fused-ring (bicyclic) bond motifs is 1. The van der Waals surface area contributed by atoms with Gasteiger partial charge in [-0.05, 0) is 30.2 Å². The lowest BCUT2D eigenvalue weighted by atomic mass is 9.97. The highest BCUT2D eigenvalue weighted by Gasteiger charge is 2.34.